The molecule has 0 aliphatic heterocycles. The molecule has 0 amide bonds. The van der Waals surface area contributed by atoms with Crippen molar-refractivity contribution in [3.63, 3.8) is 0 Å². The third kappa shape index (κ3) is 3.14. The zero-order valence-corrected chi connectivity index (χ0v) is 6.76. The smallest absolute Gasteiger partial charge is 0.366 e. The summed E-state index contributed by atoms with van der Waals surface area (Å²) >= 11 is 0. The number of ether oxygens (including phenoxy) is 1. The first-order valence-corrected chi connectivity index (χ1v) is 3.14. The van der Waals surface area contributed by atoms with Crippen molar-refractivity contribution in [3.05, 3.63) is 11.4 Å². The number of hydrogen-bond acceptors (Lipinski definition) is 3. The van der Waals surface area contributed by atoms with Crippen LogP contribution < -0.4 is 0 Å². The Morgan fingerprint density at radius 1 is 1.50 bits per heavy atom. The lowest BCUT2D eigenvalue weighted by Gasteiger charge is -1.98. The summed E-state index contributed by atoms with van der Waals surface area (Å²) in [4.78, 5) is 20.6. The number of halogens is 1. The lowest BCUT2D eigenvalue weighted by molar-refractivity contribution is -0.137. The minimum atomic E-state index is -1.19. The molecule has 4 nitrogen and oxygen atoms in total. The largest absolute Gasteiger partial charge is 0.481 e. The van der Waals surface area contributed by atoms with Crippen LogP contribution >= 0.6 is 0 Å². The van der Waals surface area contributed by atoms with Gasteiger partial charge in [-0.25, -0.2) is 4.79 Å². The summed E-state index contributed by atoms with van der Waals surface area (Å²) in [5.74, 6) is -3.47. The van der Waals surface area contributed by atoms with Gasteiger partial charge in [-0.3, -0.25) is 4.79 Å². The highest BCUT2D eigenvalue weighted by Gasteiger charge is 2.14. The number of hydrogen-bond donors (Lipinski definition) is 1. The van der Waals surface area contributed by atoms with E-state index in [4.69, 9.17) is 5.11 Å². The summed E-state index contributed by atoms with van der Waals surface area (Å²) in [6.45, 7) is 1.22. The molecular weight excluding hydrogens is 167 g/mol. The Hall–Kier alpha value is -1.39. The van der Waals surface area contributed by atoms with Crippen LogP contribution in [0.5, 0.6) is 0 Å². The van der Waals surface area contributed by atoms with Gasteiger partial charge in [-0.2, -0.15) is 4.39 Å². The van der Waals surface area contributed by atoms with Gasteiger partial charge in [-0.1, -0.05) is 0 Å². The number of esters is 1. The van der Waals surface area contributed by atoms with Gasteiger partial charge in [0.1, 0.15) is 0 Å². The standard InChI is InChI=1S/C7H9FO4/c1-4(3-5(9)10)6(8)7(11)12-2/h3H2,1-2H3,(H,9,10). The lowest BCUT2D eigenvalue weighted by atomic mass is 10.2. The predicted molar refractivity (Wildman–Crippen MR) is 38.1 cm³/mol. The summed E-state index contributed by atoms with van der Waals surface area (Å²) in [5.41, 5.74) is -0.144. The van der Waals surface area contributed by atoms with Crippen molar-refractivity contribution >= 4 is 11.9 Å². The Morgan fingerprint density at radius 2 is 2.00 bits per heavy atom. The van der Waals surface area contributed by atoms with Crippen molar-refractivity contribution < 1.29 is 23.8 Å². The van der Waals surface area contributed by atoms with Gasteiger partial charge in [0.25, 0.3) is 0 Å². The van der Waals surface area contributed by atoms with Gasteiger partial charge in [-0.15, -0.1) is 0 Å². The third-order valence-electron chi connectivity index (χ3n) is 1.16. The highest BCUT2D eigenvalue weighted by molar-refractivity contribution is 5.87. The number of rotatable bonds is 3. The Kier molecular flexibility index (Phi) is 3.96. The SMILES string of the molecule is COC(=O)C(F)=C(C)CC(=O)O. The topological polar surface area (TPSA) is 63.6 Å². The molecule has 0 rings (SSSR count). The number of methoxy groups -OCH3 is 1. The highest BCUT2D eigenvalue weighted by Crippen LogP contribution is 2.10. The molecule has 0 heterocycles. The maximum atomic E-state index is 12.7. The lowest BCUT2D eigenvalue weighted by Crippen LogP contribution is -2.05. The minimum Gasteiger partial charge on any atom is -0.481 e. The van der Waals surface area contributed by atoms with Crippen LogP contribution in [-0.2, 0) is 14.3 Å². The maximum Gasteiger partial charge on any atom is 0.366 e. The molecule has 0 unspecified atom stereocenters. The average molecular weight is 176 g/mol. The normalized spacial score (nSPS) is 11.9. The van der Waals surface area contributed by atoms with Gasteiger partial charge in [-0.05, 0) is 12.5 Å². The molecule has 0 bridgehead atoms. The second-order valence-corrected chi connectivity index (χ2v) is 2.16. The van der Waals surface area contributed by atoms with Crippen molar-refractivity contribution in [1.29, 1.82) is 0 Å². The van der Waals surface area contributed by atoms with E-state index in [1.807, 2.05) is 0 Å². The second-order valence-electron chi connectivity index (χ2n) is 2.16. The van der Waals surface area contributed by atoms with E-state index in [9.17, 15) is 14.0 Å². The van der Waals surface area contributed by atoms with Gasteiger partial charge < -0.3 is 9.84 Å². The molecule has 0 aromatic rings. The number of carbonyl (C=O) groups excluding carboxylic acids is 1. The number of aliphatic carboxylic acids is 1. The molecule has 0 saturated heterocycles. The Balaban J connectivity index is 4.46. The molecule has 0 atom stereocenters. The molecule has 0 saturated carbocycles. The molecule has 0 aliphatic rings. The highest BCUT2D eigenvalue weighted by atomic mass is 19.1. The Morgan fingerprint density at radius 3 is 2.33 bits per heavy atom. The summed E-state index contributed by atoms with van der Waals surface area (Å²) in [6.07, 6.45) is -0.499. The first kappa shape index (κ1) is 10.6. The molecule has 0 aromatic carbocycles. The molecule has 0 aliphatic carbocycles. The van der Waals surface area contributed by atoms with Gasteiger partial charge in [0.2, 0.25) is 5.83 Å². The van der Waals surface area contributed by atoms with E-state index in [2.05, 4.69) is 4.74 Å². The minimum absolute atomic E-state index is 0.144. The fraction of sp³-hybridized carbons (Fsp3) is 0.429. The van der Waals surface area contributed by atoms with Gasteiger partial charge in [0.05, 0.1) is 13.5 Å². The van der Waals surface area contributed by atoms with Crippen LogP contribution in [0.15, 0.2) is 11.4 Å². The molecule has 0 radical (unpaired) electrons. The van der Waals surface area contributed by atoms with E-state index in [-0.39, 0.29) is 5.57 Å². The van der Waals surface area contributed by atoms with E-state index >= 15 is 0 Å². The van der Waals surface area contributed by atoms with Crippen LogP contribution in [0, 0.1) is 0 Å². The van der Waals surface area contributed by atoms with Crippen molar-refractivity contribution in [2.75, 3.05) is 7.11 Å². The van der Waals surface area contributed by atoms with E-state index in [0.717, 1.165) is 7.11 Å². The second kappa shape index (κ2) is 4.48. The first-order chi connectivity index (χ1) is 5.49. The van der Waals surface area contributed by atoms with Gasteiger partial charge in [0.15, 0.2) is 0 Å². The van der Waals surface area contributed by atoms with Crippen LogP contribution in [-0.4, -0.2) is 24.2 Å². The fourth-order valence-electron chi connectivity index (χ4n) is 0.568. The van der Waals surface area contributed by atoms with Crippen molar-refractivity contribution in [2.45, 2.75) is 13.3 Å². The number of carboxylic acids is 1. The molecular formula is C7H9FO4. The molecule has 0 aromatic heterocycles. The van der Waals surface area contributed by atoms with E-state index < -0.39 is 24.2 Å². The fourth-order valence-corrected chi connectivity index (χ4v) is 0.568. The first-order valence-electron chi connectivity index (χ1n) is 3.14. The van der Waals surface area contributed by atoms with Crippen LogP contribution in [0.4, 0.5) is 4.39 Å². The summed E-state index contributed by atoms with van der Waals surface area (Å²) < 4.78 is 16.7. The number of carboxylic acid groups (broad SMARTS) is 1. The summed E-state index contributed by atoms with van der Waals surface area (Å²) in [7, 11) is 1.02. The van der Waals surface area contributed by atoms with E-state index in [0.29, 0.717) is 0 Å². The van der Waals surface area contributed by atoms with Crippen LogP contribution in [0.1, 0.15) is 13.3 Å². The summed E-state index contributed by atoms with van der Waals surface area (Å²) in [5, 5.41) is 8.23. The zero-order valence-electron chi connectivity index (χ0n) is 6.76. The zero-order chi connectivity index (χ0) is 9.72. The third-order valence-corrected chi connectivity index (χ3v) is 1.16. The molecule has 5 heteroatoms. The molecule has 1 N–H and O–H groups in total. The van der Waals surface area contributed by atoms with Crippen LogP contribution in [0.25, 0.3) is 0 Å². The maximum absolute atomic E-state index is 12.7. The van der Waals surface area contributed by atoms with Crippen molar-refractivity contribution in [1.82, 2.24) is 0 Å². The summed E-state index contributed by atoms with van der Waals surface area (Å²) in [6, 6.07) is 0. The molecule has 0 fully saturated rings. The predicted octanol–water partition coefficient (Wildman–Crippen LogP) is 0.878. The molecule has 12 heavy (non-hydrogen) atoms. The molecule has 68 valence electrons. The average Bonchev–Trinajstić information content (AvgIpc) is 2.00. The van der Waals surface area contributed by atoms with Gasteiger partial charge in [0, 0.05) is 0 Å². The quantitative estimate of drug-likeness (QED) is 0.512. The Labute approximate surface area is 68.6 Å². The van der Waals surface area contributed by atoms with Crippen LogP contribution in [0.3, 0.4) is 0 Å². The number of carbonyl (C=O) groups is 2. The van der Waals surface area contributed by atoms with Crippen molar-refractivity contribution in [2.24, 2.45) is 0 Å². The van der Waals surface area contributed by atoms with E-state index in [1.165, 1.54) is 6.92 Å². The van der Waals surface area contributed by atoms with Gasteiger partial charge >= 0.3 is 11.9 Å². The van der Waals surface area contributed by atoms with Crippen LogP contribution in [0.2, 0.25) is 0 Å². The monoisotopic (exact) mass is 176 g/mol. The molecule has 0 spiro atoms. The van der Waals surface area contributed by atoms with Crippen molar-refractivity contribution in [3.8, 4) is 0 Å². The van der Waals surface area contributed by atoms with E-state index in [1.54, 1.807) is 0 Å². The Bertz CT molecular complexity index is 232.